The molecule has 32 heavy (non-hydrogen) atoms. The van der Waals surface area contributed by atoms with Crippen LogP contribution in [0, 0.1) is 11.8 Å². The number of methoxy groups -OCH3 is 1. The number of hydrogen-bond acceptors (Lipinski definition) is 6. The van der Waals surface area contributed by atoms with Gasteiger partial charge in [0, 0.05) is 30.6 Å². The van der Waals surface area contributed by atoms with Gasteiger partial charge in [0.2, 0.25) is 17.7 Å². The van der Waals surface area contributed by atoms with Crippen molar-refractivity contribution in [2.24, 2.45) is 11.8 Å². The quantitative estimate of drug-likeness (QED) is 0.508. The highest BCUT2D eigenvalue weighted by molar-refractivity contribution is 8.02. The number of fused-ring (bicyclic) bond motifs is 1. The lowest BCUT2D eigenvalue weighted by Gasteiger charge is -2.34. The number of aliphatic hydroxyl groups is 1. The summed E-state index contributed by atoms with van der Waals surface area (Å²) in [6, 6.07) is 6.42. The molecular formula is C23H31N3O5S. The predicted octanol–water partition coefficient (Wildman–Crippen LogP) is 1.63. The van der Waals surface area contributed by atoms with Crippen LogP contribution in [-0.2, 0) is 14.4 Å². The zero-order chi connectivity index (χ0) is 23.1. The molecule has 0 aliphatic carbocycles. The number of unbranched alkanes of at least 4 members (excludes halogenated alkanes) is 1. The van der Waals surface area contributed by atoms with E-state index in [0.717, 1.165) is 12.8 Å². The van der Waals surface area contributed by atoms with Gasteiger partial charge in [-0.15, -0.1) is 11.8 Å². The molecule has 3 amide bonds. The van der Waals surface area contributed by atoms with Crippen molar-refractivity contribution >= 4 is 35.2 Å². The number of likely N-dealkylation sites (tertiary alicyclic amines) is 1. The van der Waals surface area contributed by atoms with Crippen LogP contribution in [-0.4, -0.2) is 70.6 Å². The van der Waals surface area contributed by atoms with E-state index < -0.39 is 22.6 Å². The van der Waals surface area contributed by atoms with Crippen LogP contribution in [0.4, 0.5) is 5.69 Å². The minimum atomic E-state index is -0.665. The third kappa shape index (κ3) is 3.46. The number of anilines is 1. The topological polar surface area (TPSA) is 108 Å². The van der Waals surface area contributed by atoms with Crippen molar-refractivity contribution in [2.75, 3.05) is 32.6 Å². The van der Waals surface area contributed by atoms with E-state index in [1.54, 1.807) is 55.1 Å². The molecule has 3 N–H and O–H groups in total. The molecule has 1 aromatic rings. The monoisotopic (exact) mass is 461 g/mol. The maximum Gasteiger partial charge on any atom is 0.248 e. The van der Waals surface area contributed by atoms with E-state index in [9.17, 15) is 19.5 Å². The van der Waals surface area contributed by atoms with Crippen molar-refractivity contribution < 1.29 is 24.2 Å². The first-order chi connectivity index (χ1) is 15.3. The maximum atomic E-state index is 13.7. The van der Waals surface area contributed by atoms with Crippen molar-refractivity contribution in [1.29, 1.82) is 0 Å². The van der Waals surface area contributed by atoms with Crippen molar-refractivity contribution in [3.05, 3.63) is 24.3 Å². The molecule has 174 valence electrons. The zero-order valence-electron chi connectivity index (χ0n) is 18.7. The number of aliphatic hydroxyl groups excluding tert-OH is 1. The van der Waals surface area contributed by atoms with Crippen molar-refractivity contribution in [2.45, 2.75) is 48.1 Å². The molecule has 5 atom stereocenters. The maximum absolute atomic E-state index is 13.7. The van der Waals surface area contributed by atoms with E-state index in [1.165, 1.54) is 0 Å². The number of carbonyl (C=O) groups excluding carboxylic acids is 3. The van der Waals surface area contributed by atoms with E-state index in [0.29, 0.717) is 30.8 Å². The van der Waals surface area contributed by atoms with Crippen LogP contribution in [0.15, 0.2) is 24.3 Å². The van der Waals surface area contributed by atoms with Gasteiger partial charge in [-0.2, -0.15) is 0 Å². The second kappa shape index (κ2) is 8.59. The summed E-state index contributed by atoms with van der Waals surface area (Å²) in [6.45, 7) is 2.47. The third-order valence-corrected chi connectivity index (χ3v) is 9.20. The smallest absolute Gasteiger partial charge is 0.248 e. The predicted molar refractivity (Wildman–Crippen MR) is 122 cm³/mol. The number of nitrogens with zero attached hydrogens (tertiary/aromatic N) is 1. The fourth-order valence-corrected chi connectivity index (χ4v) is 8.16. The lowest BCUT2D eigenvalue weighted by Crippen LogP contribution is -2.52. The number of benzene rings is 1. The fourth-order valence-electron chi connectivity index (χ4n) is 5.80. The molecule has 1 spiro atoms. The summed E-state index contributed by atoms with van der Waals surface area (Å²) < 4.78 is 4.19. The van der Waals surface area contributed by atoms with Crippen LogP contribution in [0.25, 0.3) is 0 Å². The van der Waals surface area contributed by atoms with Crippen LogP contribution in [0.5, 0.6) is 5.75 Å². The van der Waals surface area contributed by atoms with Gasteiger partial charge in [-0.1, -0.05) is 0 Å². The standard InChI is InChI=1S/C23H31N3O5S/c1-22-10-11-23(32-22)17(16(22)19(28)24-2)21(30)26(12-4-5-13-27)18(23)20(29)25-14-6-8-15(31-3)9-7-14/h6-9,16-18,27H,4-5,10-13H2,1-3H3,(H,24,28)(H,25,29)/t16-,17-,18?,22+,23?/m0/s1. The molecule has 0 radical (unpaired) electrons. The van der Waals surface area contributed by atoms with Crippen molar-refractivity contribution in [3.63, 3.8) is 0 Å². The summed E-state index contributed by atoms with van der Waals surface area (Å²) in [4.78, 5) is 41.8. The van der Waals surface area contributed by atoms with Gasteiger partial charge in [-0.05, 0) is 56.9 Å². The summed E-state index contributed by atoms with van der Waals surface area (Å²) in [5.41, 5.74) is 0.630. The molecule has 3 fully saturated rings. The Labute approximate surface area is 192 Å². The van der Waals surface area contributed by atoms with Crippen molar-refractivity contribution in [3.8, 4) is 5.75 Å². The number of thioether (sulfide) groups is 1. The van der Waals surface area contributed by atoms with E-state index in [-0.39, 0.29) is 29.1 Å². The summed E-state index contributed by atoms with van der Waals surface area (Å²) in [5.74, 6) is -0.780. The molecule has 0 aromatic heterocycles. The molecule has 8 nitrogen and oxygen atoms in total. The Kier molecular flexibility index (Phi) is 6.15. The summed E-state index contributed by atoms with van der Waals surface area (Å²) >= 11 is 1.65. The van der Waals surface area contributed by atoms with Gasteiger partial charge in [-0.25, -0.2) is 0 Å². The van der Waals surface area contributed by atoms with E-state index in [4.69, 9.17) is 4.74 Å². The number of carbonyl (C=O) groups is 3. The van der Waals surface area contributed by atoms with Crippen LogP contribution in [0.1, 0.15) is 32.6 Å². The minimum absolute atomic E-state index is 0.0347. The first-order valence-corrected chi connectivity index (χ1v) is 11.9. The lowest BCUT2D eigenvalue weighted by molar-refractivity contribution is -0.140. The Morgan fingerprint density at radius 3 is 2.56 bits per heavy atom. The highest BCUT2D eigenvalue weighted by Gasteiger charge is 2.76. The molecule has 1 aromatic carbocycles. The van der Waals surface area contributed by atoms with Gasteiger partial charge in [0.15, 0.2) is 0 Å². The molecule has 3 aliphatic heterocycles. The first kappa shape index (κ1) is 22.9. The van der Waals surface area contributed by atoms with Crippen LogP contribution in [0.2, 0.25) is 0 Å². The number of nitrogens with one attached hydrogen (secondary N) is 2. The lowest BCUT2D eigenvalue weighted by atomic mass is 9.66. The molecule has 4 rings (SSSR count). The Bertz CT molecular complexity index is 909. The molecule has 9 heteroatoms. The molecule has 3 aliphatic rings. The number of rotatable bonds is 8. The van der Waals surface area contributed by atoms with Crippen molar-refractivity contribution in [1.82, 2.24) is 10.2 Å². The van der Waals surface area contributed by atoms with Gasteiger partial charge < -0.3 is 25.4 Å². The van der Waals surface area contributed by atoms with Gasteiger partial charge in [0.05, 0.1) is 23.7 Å². The third-order valence-electron chi connectivity index (χ3n) is 7.22. The highest BCUT2D eigenvalue weighted by Crippen LogP contribution is 2.71. The average molecular weight is 462 g/mol. The van der Waals surface area contributed by atoms with Gasteiger partial charge in [0.1, 0.15) is 11.8 Å². The molecule has 3 saturated heterocycles. The second-order valence-electron chi connectivity index (χ2n) is 9.02. The summed E-state index contributed by atoms with van der Waals surface area (Å²) in [7, 11) is 3.18. The molecule has 2 bridgehead atoms. The summed E-state index contributed by atoms with van der Waals surface area (Å²) in [6.07, 6.45) is 2.66. The van der Waals surface area contributed by atoms with E-state index in [2.05, 4.69) is 10.6 Å². The van der Waals surface area contributed by atoms with Crippen LogP contribution < -0.4 is 15.4 Å². The SMILES string of the molecule is CNC(=O)[C@@H]1[C@H]2C(=O)N(CCCCO)C(C(=O)Nc3ccc(OC)cc3)C23CC[C@@]1(C)S3. The Morgan fingerprint density at radius 2 is 1.94 bits per heavy atom. The number of hydrogen-bond donors (Lipinski definition) is 3. The van der Waals surface area contributed by atoms with E-state index >= 15 is 0 Å². The van der Waals surface area contributed by atoms with Gasteiger partial charge in [0.25, 0.3) is 0 Å². The molecule has 3 heterocycles. The Morgan fingerprint density at radius 1 is 1.22 bits per heavy atom. The molecule has 0 saturated carbocycles. The Hall–Kier alpha value is -2.26. The first-order valence-electron chi connectivity index (χ1n) is 11.1. The van der Waals surface area contributed by atoms with Gasteiger partial charge >= 0.3 is 0 Å². The highest BCUT2D eigenvalue weighted by atomic mass is 32.2. The largest absolute Gasteiger partial charge is 0.497 e. The Balaban J connectivity index is 1.68. The molecular weight excluding hydrogens is 430 g/mol. The second-order valence-corrected chi connectivity index (χ2v) is 10.9. The number of amides is 3. The molecule has 2 unspecified atom stereocenters. The minimum Gasteiger partial charge on any atom is -0.497 e. The zero-order valence-corrected chi connectivity index (χ0v) is 19.5. The van der Waals surface area contributed by atoms with Gasteiger partial charge in [-0.3, -0.25) is 14.4 Å². The normalized spacial score (nSPS) is 32.7. The van der Waals surface area contributed by atoms with Crippen LogP contribution in [0.3, 0.4) is 0 Å². The van der Waals surface area contributed by atoms with E-state index in [1.807, 2.05) is 6.92 Å². The van der Waals surface area contributed by atoms with Crippen LogP contribution >= 0.6 is 11.8 Å². The average Bonchev–Trinajstić information content (AvgIpc) is 3.35. The summed E-state index contributed by atoms with van der Waals surface area (Å²) in [5, 5.41) is 14.9. The number of ether oxygens (including phenoxy) is 1. The fraction of sp³-hybridized carbons (Fsp3) is 0.609.